The van der Waals surface area contributed by atoms with E-state index >= 15 is 0 Å². The summed E-state index contributed by atoms with van der Waals surface area (Å²) in [6.07, 6.45) is -1.27. The molecule has 1 atom stereocenters. The molecule has 1 saturated carbocycles. The van der Waals surface area contributed by atoms with Gasteiger partial charge < -0.3 is 19.8 Å². The fraction of sp³-hybridized carbons (Fsp3) is 0.400. The van der Waals surface area contributed by atoms with Gasteiger partial charge >= 0.3 is 13.3 Å². The van der Waals surface area contributed by atoms with Gasteiger partial charge in [-0.25, -0.2) is 8.42 Å². The Morgan fingerprint density at radius 1 is 1.21 bits per heavy atom. The highest BCUT2D eigenvalue weighted by atomic mass is 32.2. The van der Waals surface area contributed by atoms with Gasteiger partial charge in [0.25, 0.3) is 5.91 Å². The molecule has 13 heteroatoms. The minimum absolute atomic E-state index is 0.0510. The van der Waals surface area contributed by atoms with Gasteiger partial charge in [-0.2, -0.15) is 17.5 Å². The van der Waals surface area contributed by atoms with Gasteiger partial charge in [-0.1, -0.05) is 12.1 Å². The Balaban J connectivity index is 1.57. The van der Waals surface area contributed by atoms with Crippen molar-refractivity contribution in [1.82, 2.24) is 4.31 Å². The number of fused-ring (bicyclic) bond motifs is 1. The first kappa shape index (κ1) is 26.7. The number of carbonyl (C=O) groups is 1. The van der Waals surface area contributed by atoms with Crippen LogP contribution in [0, 0.1) is 5.92 Å². The van der Waals surface area contributed by atoms with E-state index in [0.717, 1.165) is 36.8 Å². The number of alkyl halides is 3. The molecule has 2 heterocycles. The molecule has 2 aromatic carbocycles. The number of furan rings is 1. The molecule has 3 N–H and O–H groups in total. The van der Waals surface area contributed by atoms with Crippen molar-refractivity contribution in [3.8, 4) is 11.3 Å². The quantitative estimate of drug-likeness (QED) is 0.409. The van der Waals surface area contributed by atoms with Crippen molar-refractivity contribution in [2.75, 3.05) is 19.4 Å². The maximum Gasteiger partial charge on any atom is 0.454 e. The summed E-state index contributed by atoms with van der Waals surface area (Å²) < 4.78 is 76.9. The summed E-state index contributed by atoms with van der Waals surface area (Å²) in [7, 11) is -4.54. The number of primary amides is 1. The van der Waals surface area contributed by atoms with Crippen molar-refractivity contribution < 1.29 is 40.5 Å². The molecular weight excluding hydrogens is 524 g/mol. The summed E-state index contributed by atoms with van der Waals surface area (Å²) in [5.74, 6) is -0.718. The first-order chi connectivity index (χ1) is 17.8. The summed E-state index contributed by atoms with van der Waals surface area (Å²) in [4.78, 5) is 12.5. The third kappa shape index (κ3) is 5.46. The van der Waals surface area contributed by atoms with E-state index in [1.54, 1.807) is 12.1 Å². The van der Waals surface area contributed by atoms with Crippen LogP contribution >= 0.6 is 0 Å². The largest absolute Gasteiger partial charge is 0.455 e. The number of hydrogen-bond donors (Lipinski definition) is 2. The van der Waals surface area contributed by atoms with Crippen LogP contribution in [0.5, 0.6) is 0 Å². The lowest BCUT2D eigenvalue weighted by molar-refractivity contribution is -0.137. The summed E-state index contributed by atoms with van der Waals surface area (Å²) >= 11 is 0. The highest BCUT2D eigenvalue weighted by Gasteiger charge is 2.35. The normalized spacial score (nSPS) is 18.6. The average molecular weight is 550 g/mol. The number of amides is 1. The van der Waals surface area contributed by atoms with Gasteiger partial charge in [0.15, 0.2) is 0 Å². The standard InChI is InChI=1S/C25H26BF3N2O6S/c1-38(34,35)31(11-14-10-26(33)36-13-14)12-17-8-21-20(9-19(17)15-2-3-15)22(24(30)32)23(37-21)16-4-6-18(7-5-16)25(27,28)29/h4-9,14-15,33H,2-3,10-13H2,1H3,(H2,30,32). The maximum absolute atomic E-state index is 13.0. The molecule has 8 nitrogen and oxygen atoms in total. The number of nitrogens with two attached hydrogens (primary N) is 1. The molecule has 1 aliphatic heterocycles. The molecule has 1 amide bonds. The van der Waals surface area contributed by atoms with Crippen LogP contribution in [0.3, 0.4) is 0 Å². The molecule has 202 valence electrons. The van der Waals surface area contributed by atoms with Crippen LogP contribution in [0.25, 0.3) is 22.3 Å². The Kier molecular flexibility index (Phi) is 6.83. The van der Waals surface area contributed by atoms with E-state index < -0.39 is 34.8 Å². The SMILES string of the molecule is CS(=O)(=O)N(Cc1cc2oc(-c3ccc(C(F)(F)F)cc3)c(C(N)=O)c2cc1C1CC1)CC1COB(O)C1. The van der Waals surface area contributed by atoms with Crippen LogP contribution in [-0.2, 0) is 27.4 Å². The lowest BCUT2D eigenvalue weighted by Gasteiger charge is -2.24. The Hall–Kier alpha value is -2.87. The molecule has 1 aromatic heterocycles. The Morgan fingerprint density at radius 2 is 1.89 bits per heavy atom. The van der Waals surface area contributed by atoms with Crippen molar-refractivity contribution in [3.05, 3.63) is 58.7 Å². The second kappa shape index (κ2) is 9.71. The Labute approximate surface area is 217 Å². The summed E-state index contributed by atoms with van der Waals surface area (Å²) in [6, 6.07) is 7.71. The van der Waals surface area contributed by atoms with Crippen LogP contribution < -0.4 is 5.73 Å². The number of nitrogens with zero attached hydrogens (tertiary/aromatic N) is 1. The molecule has 1 unspecified atom stereocenters. The van der Waals surface area contributed by atoms with Gasteiger partial charge in [0, 0.05) is 30.6 Å². The highest BCUT2D eigenvalue weighted by molar-refractivity contribution is 7.88. The summed E-state index contributed by atoms with van der Waals surface area (Å²) in [5, 5.41) is 10.1. The fourth-order valence-corrected chi connectivity index (χ4v) is 5.82. The van der Waals surface area contributed by atoms with E-state index in [4.69, 9.17) is 14.8 Å². The van der Waals surface area contributed by atoms with Crippen LogP contribution in [-0.4, -0.2) is 50.2 Å². The molecule has 1 saturated heterocycles. The van der Waals surface area contributed by atoms with Crippen LogP contribution in [0.4, 0.5) is 13.2 Å². The number of hydrogen-bond acceptors (Lipinski definition) is 6. The van der Waals surface area contributed by atoms with E-state index in [1.165, 1.54) is 16.4 Å². The first-order valence-corrected chi connectivity index (χ1v) is 14.0. The van der Waals surface area contributed by atoms with Gasteiger partial charge in [-0.3, -0.25) is 4.79 Å². The second-order valence-electron chi connectivity index (χ2n) is 10.0. The van der Waals surface area contributed by atoms with Crippen molar-refractivity contribution in [2.24, 2.45) is 11.7 Å². The van der Waals surface area contributed by atoms with E-state index in [0.29, 0.717) is 17.3 Å². The third-order valence-electron chi connectivity index (χ3n) is 7.02. The molecule has 2 aliphatic rings. The number of carbonyl (C=O) groups excluding carboxylic acids is 1. The van der Waals surface area contributed by atoms with Gasteiger partial charge in [0.05, 0.1) is 17.4 Å². The van der Waals surface area contributed by atoms with Gasteiger partial charge in [-0.15, -0.1) is 0 Å². The van der Waals surface area contributed by atoms with Crippen molar-refractivity contribution >= 4 is 34.0 Å². The molecule has 5 rings (SSSR count). The number of benzene rings is 2. The Morgan fingerprint density at radius 3 is 2.42 bits per heavy atom. The smallest absolute Gasteiger partial charge is 0.454 e. The van der Waals surface area contributed by atoms with E-state index in [1.807, 2.05) is 0 Å². The molecule has 0 bridgehead atoms. The monoisotopic (exact) mass is 550 g/mol. The van der Waals surface area contributed by atoms with Crippen molar-refractivity contribution in [3.63, 3.8) is 0 Å². The van der Waals surface area contributed by atoms with Gasteiger partial charge in [0.1, 0.15) is 11.3 Å². The van der Waals surface area contributed by atoms with Crippen LogP contribution in [0.1, 0.15) is 45.8 Å². The lowest BCUT2D eigenvalue weighted by Crippen LogP contribution is -2.34. The van der Waals surface area contributed by atoms with Crippen molar-refractivity contribution in [2.45, 2.75) is 37.8 Å². The van der Waals surface area contributed by atoms with E-state index in [-0.39, 0.29) is 54.0 Å². The maximum atomic E-state index is 13.0. The lowest BCUT2D eigenvalue weighted by atomic mass is 9.82. The highest BCUT2D eigenvalue weighted by Crippen LogP contribution is 2.45. The fourth-order valence-electron chi connectivity index (χ4n) is 4.96. The van der Waals surface area contributed by atoms with E-state index in [2.05, 4.69) is 0 Å². The second-order valence-corrected chi connectivity index (χ2v) is 12.0. The molecule has 1 aliphatic carbocycles. The van der Waals surface area contributed by atoms with E-state index in [9.17, 15) is 31.4 Å². The van der Waals surface area contributed by atoms with Gasteiger partial charge in [0.2, 0.25) is 10.0 Å². The number of sulfonamides is 1. The third-order valence-corrected chi connectivity index (χ3v) is 8.24. The zero-order chi connectivity index (χ0) is 27.4. The molecule has 38 heavy (non-hydrogen) atoms. The van der Waals surface area contributed by atoms with Crippen LogP contribution in [0.15, 0.2) is 40.8 Å². The van der Waals surface area contributed by atoms with Crippen LogP contribution in [0.2, 0.25) is 6.32 Å². The topological polar surface area (TPSA) is 123 Å². The summed E-state index contributed by atoms with van der Waals surface area (Å²) in [6.45, 7) is 0.466. The molecule has 0 radical (unpaired) electrons. The van der Waals surface area contributed by atoms with Crippen molar-refractivity contribution in [1.29, 1.82) is 0 Å². The Bertz CT molecular complexity index is 1490. The number of rotatable bonds is 8. The molecule has 3 aromatic rings. The molecule has 0 spiro atoms. The zero-order valence-electron chi connectivity index (χ0n) is 20.5. The predicted molar refractivity (Wildman–Crippen MR) is 135 cm³/mol. The van der Waals surface area contributed by atoms with Gasteiger partial charge in [-0.05, 0) is 66.4 Å². The molecular formula is C25H26BF3N2O6S. The number of halogens is 3. The average Bonchev–Trinajstić information content (AvgIpc) is 3.48. The zero-order valence-corrected chi connectivity index (χ0v) is 21.3. The predicted octanol–water partition coefficient (Wildman–Crippen LogP) is 3.98. The minimum Gasteiger partial charge on any atom is -0.455 e. The minimum atomic E-state index is -4.51. The first-order valence-electron chi connectivity index (χ1n) is 12.1. The molecule has 2 fully saturated rings. The summed E-state index contributed by atoms with van der Waals surface area (Å²) in [5.41, 5.74) is 7.02.